The first-order chi connectivity index (χ1) is 14.1. The normalized spacial score (nSPS) is 10.6. The number of thiophene rings is 1. The zero-order valence-electron chi connectivity index (χ0n) is 16.4. The molecule has 29 heavy (non-hydrogen) atoms. The van der Waals surface area contributed by atoms with Crippen LogP contribution in [0.5, 0.6) is 5.75 Å². The van der Waals surface area contributed by atoms with Crippen LogP contribution < -0.4 is 10.1 Å². The van der Waals surface area contributed by atoms with Crippen LogP contribution in [0.1, 0.15) is 19.0 Å². The predicted octanol–water partition coefficient (Wildman–Crippen LogP) is 4.30. The number of carbonyl (C=O) groups excluding carboxylic acids is 2. The Bertz CT molecular complexity index is 954. The molecule has 2 aromatic heterocycles. The molecule has 0 aliphatic rings. The lowest BCUT2D eigenvalue weighted by molar-refractivity contribution is -0.134. The Balaban J connectivity index is 1.62. The van der Waals surface area contributed by atoms with Gasteiger partial charge in [-0.15, -0.1) is 22.7 Å². The van der Waals surface area contributed by atoms with Gasteiger partial charge in [0.15, 0.2) is 0 Å². The predicted molar refractivity (Wildman–Crippen MR) is 118 cm³/mol. The van der Waals surface area contributed by atoms with E-state index in [4.69, 9.17) is 4.74 Å². The van der Waals surface area contributed by atoms with Crippen molar-refractivity contribution in [2.45, 2.75) is 19.8 Å². The second-order valence-corrected chi connectivity index (χ2v) is 8.17. The average molecular weight is 430 g/mol. The highest BCUT2D eigenvalue weighted by Crippen LogP contribution is 2.28. The molecule has 1 N–H and O–H groups in total. The van der Waals surface area contributed by atoms with Crippen LogP contribution >= 0.6 is 22.7 Å². The summed E-state index contributed by atoms with van der Waals surface area (Å²) in [6.07, 6.45) is 0.953. The lowest BCUT2D eigenvalue weighted by Gasteiger charge is -2.21. The Labute approximate surface area is 178 Å². The molecule has 0 radical (unpaired) electrons. The van der Waals surface area contributed by atoms with Gasteiger partial charge < -0.3 is 15.0 Å². The van der Waals surface area contributed by atoms with Gasteiger partial charge in [0.1, 0.15) is 10.8 Å². The Kier molecular flexibility index (Phi) is 7.37. The van der Waals surface area contributed by atoms with E-state index in [2.05, 4.69) is 10.3 Å². The topological polar surface area (TPSA) is 71.5 Å². The summed E-state index contributed by atoms with van der Waals surface area (Å²) in [5, 5.41) is 7.65. The Morgan fingerprint density at radius 2 is 2.00 bits per heavy atom. The first-order valence-electron chi connectivity index (χ1n) is 9.29. The number of anilines is 1. The minimum atomic E-state index is -0.256. The van der Waals surface area contributed by atoms with Crippen LogP contribution in [-0.4, -0.2) is 41.9 Å². The first-order valence-corrected chi connectivity index (χ1v) is 11.1. The van der Waals surface area contributed by atoms with E-state index in [1.165, 1.54) is 11.3 Å². The van der Waals surface area contributed by atoms with E-state index in [1.54, 1.807) is 35.5 Å². The number of rotatable bonds is 9. The van der Waals surface area contributed by atoms with Crippen LogP contribution in [0.2, 0.25) is 0 Å². The van der Waals surface area contributed by atoms with Gasteiger partial charge in [0, 0.05) is 11.9 Å². The summed E-state index contributed by atoms with van der Waals surface area (Å²) >= 11 is 3.15. The van der Waals surface area contributed by atoms with E-state index in [-0.39, 0.29) is 24.8 Å². The largest absolute Gasteiger partial charge is 0.495 e. The summed E-state index contributed by atoms with van der Waals surface area (Å²) < 4.78 is 5.26. The molecule has 0 aliphatic carbocycles. The van der Waals surface area contributed by atoms with Crippen LogP contribution in [0.25, 0.3) is 9.88 Å². The van der Waals surface area contributed by atoms with E-state index in [0.29, 0.717) is 18.0 Å². The van der Waals surface area contributed by atoms with Crippen molar-refractivity contribution in [1.29, 1.82) is 0 Å². The van der Waals surface area contributed by atoms with Crippen LogP contribution in [0, 0.1) is 0 Å². The van der Waals surface area contributed by atoms with Crippen molar-refractivity contribution in [3.8, 4) is 15.6 Å². The van der Waals surface area contributed by atoms with Crippen LogP contribution in [0.15, 0.2) is 47.2 Å². The van der Waals surface area contributed by atoms with Gasteiger partial charge in [-0.25, -0.2) is 4.98 Å². The zero-order valence-corrected chi connectivity index (χ0v) is 18.0. The lowest BCUT2D eigenvalue weighted by Crippen LogP contribution is -2.39. The van der Waals surface area contributed by atoms with Crippen molar-refractivity contribution in [3.05, 3.63) is 52.9 Å². The monoisotopic (exact) mass is 429 g/mol. The molecule has 0 atom stereocenters. The molecule has 0 fully saturated rings. The second-order valence-electron chi connectivity index (χ2n) is 6.36. The molecule has 3 aromatic rings. The number of methoxy groups -OCH3 is 1. The molecule has 8 heteroatoms. The highest BCUT2D eigenvalue weighted by molar-refractivity contribution is 7.20. The van der Waals surface area contributed by atoms with E-state index < -0.39 is 0 Å². The fourth-order valence-electron chi connectivity index (χ4n) is 2.84. The van der Waals surface area contributed by atoms with Crippen molar-refractivity contribution in [2.24, 2.45) is 0 Å². The van der Waals surface area contributed by atoms with Gasteiger partial charge in [0.05, 0.1) is 36.3 Å². The van der Waals surface area contributed by atoms with Crippen LogP contribution in [0.4, 0.5) is 5.69 Å². The standard InChI is InChI=1S/C21H23N3O3S2/c1-3-10-24(13-19(25)23-16-7-4-5-8-17(16)27-2)20(26)12-15-14-29-21(22-15)18-9-6-11-28-18/h4-9,11,14H,3,10,12-13H2,1-2H3,(H,23,25). The van der Waals surface area contributed by atoms with Crippen molar-refractivity contribution < 1.29 is 14.3 Å². The maximum absolute atomic E-state index is 12.8. The fourth-order valence-corrected chi connectivity index (χ4v) is 4.48. The number of thiazole rings is 1. The summed E-state index contributed by atoms with van der Waals surface area (Å²) in [5.41, 5.74) is 1.32. The molecule has 6 nitrogen and oxygen atoms in total. The molecule has 0 unspecified atom stereocenters. The highest BCUT2D eigenvalue weighted by Gasteiger charge is 2.19. The van der Waals surface area contributed by atoms with E-state index in [0.717, 1.165) is 22.0 Å². The number of aromatic nitrogens is 1. The first kappa shape index (κ1) is 21.0. The minimum absolute atomic E-state index is 0.00730. The number of amides is 2. The summed E-state index contributed by atoms with van der Waals surface area (Å²) in [7, 11) is 1.55. The van der Waals surface area contributed by atoms with E-state index >= 15 is 0 Å². The molecule has 0 bridgehead atoms. The fraction of sp³-hybridized carbons (Fsp3) is 0.286. The van der Waals surface area contributed by atoms with Crippen molar-refractivity contribution in [2.75, 3.05) is 25.5 Å². The third-order valence-corrected chi connectivity index (χ3v) is 6.11. The van der Waals surface area contributed by atoms with E-state index in [1.807, 2.05) is 41.9 Å². The quantitative estimate of drug-likeness (QED) is 0.550. The number of nitrogens with one attached hydrogen (secondary N) is 1. The lowest BCUT2D eigenvalue weighted by atomic mass is 10.2. The number of hydrogen-bond donors (Lipinski definition) is 1. The molecular weight excluding hydrogens is 406 g/mol. The van der Waals surface area contributed by atoms with Gasteiger partial charge in [-0.1, -0.05) is 25.1 Å². The third kappa shape index (κ3) is 5.65. The minimum Gasteiger partial charge on any atom is -0.495 e. The molecule has 0 aliphatic heterocycles. The molecule has 2 amide bonds. The molecule has 0 saturated heterocycles. The number of hydrogen-bond acceptors (Lipinski definition) is 6. The van der Waals surface area contributed by atoms with Crippen LogP contribution in [0.3, 0.4) is 0 Å². The van der Waals surface area contributed by atoms with Crippen molar-refractivity contribution >= 4 is 40.2 Å². The zero-order chi connectivity index (χ0) is 20.6. The summed E-state index contributed by atoms with van der Waals surface area (Å²) in [6, 6.07) is 11.2. The molecular formula is C21H23N3O3S2. The number of carbonyl (C=O) groups is 2. The summed E-state index contributed by atoms with van der Waals surface area (Å²) in [4.78, 5) is 32.5. The number of nitrogens with zero attached hydrogens (tertiary/aromatic N) is 2. The average Bonchev–Trinajstić information content (AvgIpc) is 3.40. The van der Waals surface area contributed by atoms with Gasteiger partial charge in [-0.3, -0.25) is 9.59 Å². The van der Waals surface area contributed by atoms with Crippen molar-refractivity contribution in [3.63, 3.8) is 0 Å². The van der Waals surface area contributed by atoms with Gasteiger partial charge >= 0.3 is 0 Å². The molecule has 1 aromatic carbocycles. The van der Waals surface area contributed by atoms with Crippen LogP contribution in [-0.2, 0) is 16.0 Å². The molecule has 0 saturated carbocycles. The Morgan fingerprint density at radius 3 is 2.72 bits per heavy atom. The summed E-state index contributed by atoms with van der Waals surface area (Å²) in [5.74, 6) is 0.219. The van der Waals surface area contributed by atoms with Gasteiger partial charge in [0.25, 0.3) is 0 Å². The molecule has 152 valence electrons. The second kappa shape index (κ2) is 10.2. The van der Waals surface area contributed by atoms with Gasteiger partial charge in [0.2, 0.25) is 11.8 Å². The number of para-hydroxylation sites is 2. The number of benzene rings is 1. The smallest absolute Gasteiger partial charge is 0.244 e. The highest BCUT2D eigenvalue weighted by atomic mass is 32.1. The Morgan fingerprint density at radius 1 is 1.17 bits per heavy atom. The van der Waals surface area contributed by atoms with Crippen molar-refractivity contribution in [1.82, 2.24) is 9.88 Å². The SMILES string of the molecule is CCCN(CC(=O)Nc1ccccc1OC)C(=O)Cc1csc(-c2cccs2)n1. The van der Waals surface area contributed by atoms with Gasteiger partial charge in [-0.2, -0.15) is 0 Å². The van der Waals surface area contributed by atoms with E-state index in [9.17, 15) is 9.59 Å². The molecule has 0 spiro atoms. The number of ether oxygens (including phenoxy) is 1. The molecule has 3 rings (SSSR count). The maximum atomic E-state index is 12.8. The van der Waals surface area contributed by atoms with Gasteiger partial charge in [-0.05, 0) is 30.0 Å². The third-order valence-electron chi connectivity index (χ3n) is 4.18. The molecule has 2 heterocycles. The maximum Gasteiger partial charge on any atom is 0.244 e. The Hall–Kier alpha value is -2.71. The summed E-state index contributed by atoms with van der Waals surface area (Å²) in [6.45, 7) is 2.49.